The molecule has 0 spiro atoms. The molecule has 1 aromatic rings. The maximum absolute atomic E-state index is 8.79. The van der Waals surface area contributed by atoms with Gasteiger partial charge in [0.25, 0.3) is 0 Å². The lowest BCUT2D eigenvalue weighted by Gasteiger charge is -2.31. The van der Waals surface area contributed by atoms with E-state index in [0.29, 0.717) is 12.0 Å². The molecule has 0 amide bonds. The van der Waals surface area contributed by atoms with Gasteiger partial charge in [-0.2, -0.15) is 0 Å². The molecule has 2 rings (SSSR count). The van der Waals surface area contributed by atoms with E-state index < -0.39 is 0 Å². The standard InChI is InChI=1S/C13H19NO/c1-10(6-7-15)14-9-12-8-11-4-2-3-5-13(11)12/h2-5,10,12,14-15H,6-9H2,1H3. The topological polar surface area (TPSA) is 32.3 Å². The van der Waals surface area contributed by atoms with Crippen molar-refractivity contribution >= 4 is 0 Å². The zero-order valence-corrected chi connectivity index (χ0v) is 9.24. The molecule has 82 valence electrons. The molecule has 0 aromatic heterocycles. The van der Waals surface area contributed by atoms with Gasteiger partial charge < -0.3 is 10.4 Å². The smallest absolute Gasteiger partial charge is 0.0445 e. The summed E-state index contributed by atoms with van der Waals surface area (Å²) in [7, 11) is 0. The highest BCUT2D eigenvalue weighted by atomic mass is 16.3. The van der Waals surface area contributed by atoms with Gasteiger partial charge in [0.05, 0.1) is 0 Å². The van der Waals surface area contributed by atoms with E-state index in [1.165, 1.54) is 17.5 Å². The summed E-state index contributed by atoms with van der Waals surface area (Å²) in [4.78, 5) is 0. The molecule has 0 aliphatic heterocycles. The van der Waals surface area contributed by atoms with Crippen LogP contribution >= 0.6 is 0 Å². The zero-order valence-electron chi connectivity index (χ0n) is 9.24. The molecule has 2 nitrogen and oxygen atoms in total. The second-order valence-electron chi connectivity index (χ2n) is 4.42. The average molecular weight is 205 g/mol. The van der Waals surface area contributed by atoms with E-state index >= 15 is 0 Å². The number of aliphatic hydroxyl groups excluding tert-OH is 1. The monoisotopic (exact) mass is 205 g/mol. The predicted octanol–water partition coefficient (Wildman–Crippen LogP) is 1.69. The number of hydrogen-bond acceptors (Lipinski definition) is 2. The van der Waals surface area contributed by atoms with Crippen molar-refractivity contribution in [2.45, 2.75) is 31.7 Å². The molecule has 1 aromatic carbocycles. The van der Waals surface area contributed by atoms with Crippen LogP contribution in [-0.4, -0.2) is 24.3 Å². The predicted molar refractivity (Wildman–Crippen MR) is 62.1 cm³/mol. The normalized spacial score (nSPS) is 20.5. The van der Waals surface area contributed by atoms with Crippen molar-refractivity contribution < 1.29 is 5.11 Å². The van der Waals surface area contributed by atoms with Gasteiger partial charge in [-0.15, -0.1) is 0 Å². The molecule has 0 heterocycles. The van der Waals surface area contributed by atoms with E-state index in [1.54, 1.807) is 0 Å². The Kier molecular flexibility index (Phi) is 3.39. The number of fused-ring (bicyclic) bond motifs is 1. The maximum Gasteiger partial charge on any atom is 0.0445 e. The average Bonchev–Trinajstić information content (AvgIpc) is 2.20. The van der Waals surface area contributed by atoms with Gasteiger partial charge in [0, 0.05) is 25.1 Å². The van der Waals surface area contributed by atoms with Crippen LogP contribution in [0.2, 0.25) is 0 Å². The zero-order chi connectivity index (χ0) is 10.7. The molecule has 0 saturated carbocycles. The van der Waals surface area contributed by atoms with Crippen molar-refractivity contribution in [3.63, 3.8) is 0 Å². The summed E-state index contributed by atoms with van der Waals surface area (Å²) in [5, 5.41) is 12.3. The first-order chi connectivity index (χ1) is 7.31. The van der Waals surface area contributed by atoms with Crippen LogP contribution in [0.15, 0.2) is 24.3 Å². The molecular weight excluding hydrogens is 186 g/mol. The van der Waals surface area contributed by atoms with E-state index in [0.717, 1.165) is 13.0 Å². The molecule has 0 fully saturated rings. The van der Waals surface area contributed by atoms with Crippen LogP contribution in [0.3, 0.4) is 0 Å². The molecule has 15 heavy (non-hydrogen) atoms. The fourth-order valence-corrected chi connectivity index (χ4v) is 2.18. The van der Waals surface area contributed by atoms with Gasteiger partial charge in [0.15, 0.2) is 0 Å². The molecule has 2 N–H and O–H groups in total. The van der Waals surface area contributed by atoms with E-state index in [-0.39, 0.29) is 6.61 Å². The molecule has 2 unspecified atom stereocenters. The summed E-state index contributed by atoms with van der Waals surface area (Å²) in [5.74, 6) is 0.683. The van der Waals surface area contributed by atoms with Crippen LogP contribution in [0, 0.1) is 0 Å². The van der Waals surface area contributed by atoms with Gasteiger partial charge in [0.1, 0.15) is 0 Å². The Labute approximate surface area is 91.3 Å². The van der Waals surface area contributed by atoms with Crippen molar-refractivity contribution in [2.75, 3.05) is 13.2 Å². The quantitative estimate of drug-likeness (QED) is 0.766. The van der Waals surface area contributed by atoms with Crippen LogP contribution in [0.1, 0.15) is 30.4 Å². The minimum atomic E-state index is 0.273. The van der Waals surface area contributed by atoms with Crippen LogP contribution < -0.4 is 5.32 Å². The fraction of sp³-hybridized carbons (Fsp3) is 0.538. The molecule has 2 heteroatoms. The Morgan fingerprint density at radius 2 is 2.27 bits per heavy atom. The van der Waals surface area contributed by atoms with Crippen molar-refractivity contribution in [2.24, 2.45) is 0 Å². The Morgan fingerprint density at radius 1 is 1.47 bits per heavy atom. The third-order valence-corrected chi connectivity index (χ3v) is 3.24. The van der Waals surface area contributed by atoms with E-state index in [9.17, 15) is 0 Å². The summed E-state index contributed by atoms with van der Waals surface area (Å²) in [6.45, 7) is 3.44. The number of aliphatic hydroxyl groups is 1. The maximum atomic E-state index is 8.79. The summed E-state index contributed by atoms with van der Waals surface area (Å²) in [5.41, 5.74) is 3.00. The molecule has 0 saturated heterocycles. The summed E-state index contributed by atoms with van der Waals surface area (Å²) in [6.07, 6.45) is 2.05. The summed E-state index contributed by atoms with van der Waals surface area (Å²) >= 11 is 0. The lowest BCUT2D eigenvalue weighted by molar-refractivity contribution is 0.267. The first kappa shape index (κ1) is 10.7. The lowest BCUT2D eigenvalue weighted by atomic mass is 9.77. The summed E-state index contributed by atoms with van der Waals surface area (Å²) < 4.78 is 0. The first-order valence-electron chi connectivity index (χ1n) is 5.73. The molecule has 1 aliphatic carbocycles. The van der Waals surface area contributed by atoms with Crippen LogP contribution in [0.5, 0.6) is 0 Å². The fourth-order valence-electron chi connectivity index (χ4n) is 2.18. The third kappa shape index (κ3) is 2.39. The second kappa shape index (κ2) is 4.77. The highest BCUT2D eigenvalue weighted by molar-refractivity contribution is 5.40. The second-order valence-corrected chi connectivity index (χ2v) is 4.42. The van der Waals surface area contributed by atoms with Crippen molar-refractivity contribution in [3.8, 4) is 0 Å². The number of nitrogens with one attached hydrogen (secondary N) is 1. The Hall–Kier alpha value is -0.860. The van der Waals surface area contributed by atoms with Gasteiger partial charge in [0.2, 0.25) is 0 Å². The molecule has 1 aliphatic rings. The highest BCUT2D eigenvalue weighted by Crippen LogP contribution is 2.34. The highest BCUT2D eigenvalue weighted by Gasteiger charge is 2.24. The molecule has 2 atom stereocenters. The van der Waals surface area contributed by atoms with Crippen molar-refractivity contribution in [1.82, 2.24) is 5.32 Å². The van der Waals surface area contributed by atoms with E-state index in [4.69, 9.17) is 5.11 Å². The van der Waals surface area contributed by atoms with Gasteiger partial charge in [-0.3, -0.25) is 0 Å². The van der Waals surface area contributed by atoms with Crippen molar-refractivity contribution in [1.29, 1.82) is 0 Å². The minimum absolute atomic E-state index is 0.273. The van der Waals surface area contributed by atoms with Crippen LogP contribution in [-0.2, 0) is 6.42 Å². The van der Waals surface area contributed by atoms with E-state index in [1.807, 2.05) is 0 Å². The minimum Gasteiger partial charge on any atom is -0.396 e. The lowest BCUT2D eigenvalue weighted by Crippen LogP contribution is -2.34. The Morgan fingerprint density at radius 3 is 3.00 bits per heavy atom. The van der Waals surface area contributed by atoms with E-state index in [2.05, 4.69) is 36.5 Å². The van der Waals surface area contributed by atoms with Gasteiger partial charge >= 0.3 is 0 Å². The molecule has 0 bridgehead atoms. The first-order valence-corrected chi connectivity index (χ1v) is 5.73. The van der Waals surface area contributed by atoms with Gasteiger partial charge in [-0.1, -0.05) is 24.3 Å². The molecular formula is C13H19NO. The molecule has 0 radical (unpaired) electrons. The summed E-state index contributed by atoms with van der Waals surface area (Å²) in [6, 6.07) is 9.08. The number of hydrogen-bond donors (Lipinski definition) is 2. The third-order valence-electron chi connectivity index (χ3n) is 3.24. The van der Waals surface area contributed by atoms with Crippen LogP contribution in [0.25, 0.3) is 0 Å². The van der Waals surface area contributed by atoms with Crippen molar-refractivity contribution in [3.05, 3.63) is 35.4 Å². The van der Waals surface area contributed by atoms with Gasteiger partial charge in [-0.25, -0.2) is 0 Å². The Bertz CT molecular complexity index is 324. The number of rotatable bonds is 5. The largest absolute Gasteiger partial charge is 0.396 e. The number of benzene rings is 1. The van der Waals surface area contributed by atoms with Gasteiger partial charge in [-0.05, 0) is 30.9 Å². The SMILES string of the molecule is CC(CCO)NCC1Cc2ccccc21. The Balaban J connectivity index is 1.80. The van der Waals surface area contributed by atoms with Crippen LogP contribution in [0.4, 0.5) is 0 Å².